The number of hydrogen-bond donors (Lipinski definition) is 1. The standard InChI is InChI=1S/C13H12ClN5OS/c1-8-17-18-13(19(8)2)21-11-4-3-9(14)7-10(11)16-12(20)5-6-15/h3-4,7H,5H2,1-2H3,(H,16,20). The van der Waals surface area contributed by atoms with E-state index in [2.05, 4.69) is 15.5 Å². The monoisotopic (exact) mass is 321 g/mol. The fraction of sp³-hybridized carbons (Fsp3) is 0.231. The van der Waals surface area contributed by atoms with Crippen LogP contribution in [0.25, 0.3) is 0 Å². The Morgan fingerprint density at radius 1 is 1.52 bits per heavy atom. The van der Waals surface area contributed by atoms with E-state index >= 15 is 0 Å². The molecule has 8 heteroatoms. The number of rotatable bonds is 4. The van der Waals surface area contributed by atoms with Crippen molar-refractivity contribution >= 4 is 35.0 Å². The molecule has 0 aliphatic rings. The summed E-state index contributed by atoms with van der Waals surface area (Å²) in [5.41, 5.74) is 0.549. The molecule has 1 aromatic heterocycles. The van der Waals surface area contributed by atoms with Crippen molar-refractivity contribution < 1.29 is 4.79 Å². The van der Waals surface area contributed by atoms with Crippen LogP contribution >= 0.6 is 23.4 Å². The zero-order valence-electron chi connectivity index (χ0n) is 11.4. The van der Waals surface area contributed by atoms with Gasteiger partial charge in [0.1, 0.15) is 12.2 Å². The Kier molecular flexibility index (Phi) is 4.83. The molecule has 0 spiro atoms. The van der Waals surface area contributed by atoms with Gasteiger partial charge >= 0.3 is 0 Å². The molecule has 1 aromatic carbocycles. The summed E-state index contributed by atoms with van der Waals surface area (Å²) in [4.78, 5) is 12.4. The van der Waals surface area contributed by atoms with Gasteiger partial charge in [-0.15, -0.1) is 10.2 Å². The summed E-state index contributed by atoms with van der Waals surface area (Å²) in [6.07, 6.45) is -0.209. The molecule has 108 valence electrons. The van der Waals surface area contributed by atoms with E-state index in [9.17, 15) is 4.79 Å². The molecule has 0 saturated carbocycles. The van der Waals surface area contributed by atoms with Crippen LogP contribution in [-0.4, -0.2) is 20.7 Å². The molecule has 0 atom stereocenters. The van der Waals surface area contributed by atoms with E-state index < -0.39 is 0 Å². The molecule has 0 bridgehead atoms. The molecule has 0 fully saturated rings. The van der Waals surface area contributed by atoms with Gasteiger partial charge in [0, 0.05) is 17.0 Å². The summed E-state index contributed by atoms with van der Waals surface area (Å²) < 4.78 is 1.85. The first-order valence-electron chi connectivity index (χ1n) is 6.01. The molecule has 1 amide bonds. The van der Waals surface area contributed by atoms with Crippen molar-refractivity contribution in [2.24, 2.45) is 7.05 Å². The van der Waals surface area contributed by atoms with Gasteiger partial charge in [0.2, 0.25) is 5.91 Å². The number of anilines is 1. The molecule has 2 aromatic rings. The van der Waals surface area contributed by atoms with Crippen LogP contribution in [0.2, 0.25) is 5.02 Å². The van der Waals surface area contributed by atoms with Crippen molar-refractivity contribution in [2.75, 3.05) is 5.32 Å². The number of nitrogens with zero attached hydrogens (tertiary/aromatic N) is 4. The number of aromatic nitrogens is 3. The highest BCUT2D eigenvalue weighted by Gasteiger charge is 2.12. The SMILES string of the molecule is Cc1nnc(Sc2ccc(Cl)cc2NC(=O)CC#N)n1C. The van der Waals surface area contributed by atoms with Crippen LogP contribution in [0.1, 0.15) is 12.2 Å². The van der Waals surface area contributed by atoms with Crippen molar-refractivity contribution in [3.63, 3.8) is 0 Å². The third kappa shape index (κ3) is 3.74. The lowest BCUT2D eigenvalue weighted by atomic mass is 10.3. The van der Waals surface area contributed by atoms with Crippen LogP contribution in [0.15, 0.2) is 28.3 Å². The third-order valence-electron chi connectivity index (χ3n) is 2.71. The maximum absolute atomic E-state index is 11.6. The maximum atomic E-state index is 11.6. The summed E-state index contributed by atoms with van der Waals surface area (Å²) in [6, 6.07) is 6.97. The highest BCUT2D eigenvalue weighted by atomic mass is 35.5. The number of benzene rings is 1. The van der Waals surface area contributed by atoms with Gasteiger partial charge in [0.05, 0.1) is 11.8 Å². The number of nitrogens with one attached hydrogen (secondary N) is 1. The Bertz CT molecular complexity index is 722. The van der Waals surface area contributed by atoms with Crippen molar-refractivity contribution in [3.05, 3.63) is 29.0 Å². The topological polar surface area (TPSA) is 83.6 Å². The molecule has 0 saturated heterocycles. The molecule has 0 aliphatic heterocycles. The van der Waals surface area contributed by atoms with Crippen molar-refractivity contribution in [1.82, 2.24) is 14.8 Å². The fourth-order valence-electron chi connectivity index (χ4n) is 1.53. The van der Waals surface area contributed by atoms with E-state index in [1.54, 1.807) is 24.3 Å². The van der Waals surface area contributed by atoms with E-state index in [1.807, 2.05) is 18.5 Å². The largest absolute Gasteiger partial charge is 0.324 e. The molecular formula is C13H12ClN5OS. The second-order valence-corrected chi connectivity index (χ2v) is 5.66. The Labute approximate surface area is 131 Å². The van der Waals surface area contributed by atoms with E-state index in [1.165, 1.54) is 11.8 Å². The third-order valence-corrected chi connectivity index (χ3v) is 4.06. The molecule has 2 rings (SSSR count). The smallest absolute Gasteiger partial charge is 0.238 e. The molecular weight excluding hydrogens is 310 g/mol. The van der Waals surface area contributed by atoms with Crippen molar-refractivity contribution in [2.45, 2.75) is 23.4 Å². The van der Waals surface area contributed by atoms with Crippen LogP contribution in [0, 0.1) is 18.3 Å². The average molecular weight is 322 g/mol. The highest BCUT2D eigenvalue weighted by molar-refractivity contribution is 7.99. The summed E-state index contributed by atoms with van der Waals surface area (Å²) in [5.74, 6) is 0.414. The van der Waals surface area contributed by atoms with Crippen LogP contribution in [0.5, 0.6) is 0 Å². The van der Waals surface area contributed by atoms with E-state index in [0.717, 1.165) is 10.7 Å². The number of aryl methyl sites for hydroxylation is 1. The lowest BCUT2D eigenvalue weighted by Crippen LogP contribution is -2.11. The van der Waals surface area contributed by atoms with Crippen LogP contribution in [-0.2, 0) is 11.8 Å². The first kappa shape index (κ1) is 15.4. The van der Waals surface area contributed by atoms with Gasteiger partial charge < -0.3 is 9.88 Å². The van der Waals surface area contributed by atoms with E-state index in [4.69, 9.17) is 16.9 Å². The molecule has 0 radical (unpaired) electrons. The lowest BCUT2D eigenvalue weighted by Gasteiger charge is -2.10. The molecule has 6 nitrogen and oxygen atoms in total. The lowest BCUT2D eigenvalue weighted by molar-refractivity contribution is -0.115. The highest BCUT2D eigenvalue weighted by Crippen LogP contribution is 2.34. The van der Waals surface area contributed by atoms with Crippen LogP contribution < -0.4 is 5.32 Å². The predicted octanol–water partition coefficient (Wildman–Crippen LogP) is 2.78. The number of halogens is 1. The van der Waals surface area contributed by atoms with Gasteiger partial charge in [-0.25, -0.2) is 0 Å². The normalized spacial score (nSPS) is 10.2. The quantitative estimate of drug-likeness (QED) is 0.936. The Balaban J connectivity index is 2.29. The first-order valence-corrected chi connectivity index (χ1v) is 7.21. The Morgan fingerprint density at radius 3 is 2.90 bits per heavy atom. The van der Waals surface area contributed by atoms with Gasteiger partial charge in [0.25, 0.3) is 0 Å². The minimum atomic E-state index is -0.379. The summed E-state index contributed by atoms with van der Waals surface area (Å²) in [6.45, 7) is 1.86. The number of carbonyl (C=O) groups is 1. The van der Waals surface area contributed by atoms with Gasteiger partial charge in [0.15, 0.2) is 5.16 Å². The van der Waals surface area contributed by atoms with Gasteiger partial charge in [-0.05, 0) is 36.9 Å². The van der Waals surface area contributed by atoms with Gasteiger partial charge in [-0.3, -0.25) is 4.79 Å². The van der Waals surface area contributed by atoms with Gasteiger partial charge in [-0.1, -0.05) is 11.6 Å². The van der Waals surface area contributed by atoms with Crippen molar-refractivity contribution in [3.8, 4) is 6.07 Å². The van der Waals surface area contributed by atoms with Crippen LogP contribution in [0.4, 0.5) is 5.69 Å². The number of hydrogen-bond acceptors (Lipinski definition) is 5. The summed E-state index contributed by atoms with van der Waals surface area (Å²) in [5, 5.41) is 20.5. The Morgan fingerprint density at radius 2 is 2.29 bits per heavy atom. The predicted molar refractivity (Wildman–Crippen MR) is 80.2 cm³/mol. The zero-order chi connectivity index (χ0) is 15.4. The van der Waals surface area contributed by atoms with Crippen molar-refractivity contribution in [1.29, 1.82) is 5.26 Å². The number of amides is 1. The van der Waals surface area contributed by atoms with E-state index in [0.29, 0.717) is 15.9 Å². The zero-order valence-corrected chi connectivity index (χ0v) is 13.0. The molecule has 1 heterocycles. The fourth-order valence-corrected chi connectivity index (χ4v) is 2.61. The number of carbonyl (C=O) groups excluding carboxylic acids is 1. The summed E-state index contributed by atoms with van der Waals surface area (Å²) in [7, 11) is 1.86. The second-order valence-electron chi connectivity index (χ2n) is 4.21. The van der Waals surface area contributed by atoms with E-state index in [-0.39, 0.29) is 12.3 Å². The summed E-state index contributed by atoms with van der Waals surface area (Å²) >= 11 is 7.32. The Hall–Kier alpha value is -2.04. The number of nitriles is 1. The van der Waals surface area contributed by atoms with Gasteiger partial charge in [-0.2, -0.15) is 5.26 Å². The maximum Gasteiger partial charge on any atom is 0.238 e. The van der Waals surface area contributed by atoms with Crippen LogP contribution in [0.3, 0.4) is 0 Å². The minimum absolute atomic E-state index is 0.209. The minimum Gasteiger partial charge on any atom is -0.324 e. The molecule has 0 unspecified atom stereocenters. The molecule has 21 heavy (non-hydrogen) atoms. The molecule has 0 aliphatic carbocycles. The average Bonchev–Trinajstić information content (AvgIpc) is 2.74. The first-order chi connectivity index (χ1) is 10.0. The second kappa shape index (κ2) is 6.61. The molecule has 1 N–H and O–H groups in total.